The molecule has 0 aliphatic carbocycles. The van der Waals surface area contributed by atoms with E-state index in [-0.39, 0.29) is 11.3 Å². The van der Waals surface area contributed by atoms with E-state index >= 15 is 0 Å². The Morgan fingerprint density at radius 3 is 2.36 bits per heavy atom. The maximum atomic E-state index is 11.3. The van der Waals surface area contributed by atoms with Crippen molar-refractivity contribution < 1.29 is 14.8 Å². The highest BCUT2D eigenvalue weighted by molar-refractivity contribution is 5.95. The SMILES string of the molecule is Cc1cc(C)cc(CNc2ccc([N+](=O)[O-])cc2C(=O)O)c1. The summed E-state index contributed by atoms with van der Waals surface area (Å²) in [5.41, 5.74) is 3.27. The van der Waals surface area contributed by atoms with Crippen LogP contribution >= 0.6 is 0 Å². The van der Waals surface area contributed by atoms with E-state index in [9.17, 15) is 20.0 Å². The van der Waals surface area contributed by atoms with E-state index in [0.717, 1.165) is 22.8 Å². The number of nitrogens with one attached hydrogen (secondary N) is 1. The lowest BCUT2D eigenvalue weighted by atomic mass is 10.1. The minimum atomic E-state index is -1.20. The third kappa shape index (κ3) is 3.60. The smallest absolute Gasteiger partial charge is 0.338 e. The van der Waals surface area contributed by atoms with Gasteiger partial charge in [-0.2, -0.15) is 0 Å². The van der Waals surface area contributed by atoms with Crippen molar-refractivity contribution in [2.75, 3.05) is 5.32 Å². The third-order valence-corrected chi connectivity index (χ3v) is 3.21. The second-order valence-corrected chi connectivity index (χ2v) is 5.14. The largest absolute Gasteiger partial charge is 0.478 e. The predicted octanol–water partition coefficient (Wildman–Crippen LogP) is 3.52. The van der Waals surface area contributed by atoms with E-state index in [1.165, 1.54) is 12.1 Å². The summed E-state index contributed by atoms with van der Waals surface area (Å²) in [5, 5.41) is 23.0. The molecule has 2 rings (SSSR count). The fourth-order valence-corrected chi connectivity index (χ4v) is 2.35. The van der Waals surface area contributed by atoms with Crippen molar-refractivity contribution in [1.82, 2.24) is 0 Å². The summed E-state index contributed by atoms with van der Waals surface area (Å²) >= 11 is 0. The monoisotopic (exact) mass is 300 g/mol. The van der Waals surface area contributed by atoms with Crippen molar-refractivity contribution in [3.8, 4) is 0 Å². The van der Waals surface area contributed by atoms with Crippen LogP contribution in [0.1, 0.15) is 27.0 Å². The third-order valence-electron chi connectivity index (χ3n) is 3.21. The maximum Gasteiger partial charge on any atom is 0.338 e. The molecule has 0 aliphatic heterocycles. The molecule has 6 heteroatoms. The summed E-state index contributed by atoms with van der Waals surface area (Å²) in [6, 6.07) is 9.84. The number of nitro groups is 1. The number of nitrogens with zero attached hydrogens (tertiary/aromatic N) is 1. The number of aromatic carboxylic acids is 1. The highest BCUT2D eigenvalue weighted by Crippen LogP contribution is 2.23. The van der Waals surface area contributed by atoms with Gasteiger partial charge in [0.25, 0.3) is 5.69 Å². The Morgan fingerprint density at radius 1 is 1.18 bits per heavy atom. The highest BCUT2D eigenvalue weighted by atomic mass is 16.6. The number of nitro benzene ring substituents is 1. The highest BCUT2D eigenvalue weighted by Gasteiger charge is 2.15. The van der Waals surface area contributed by atoms with E-state index in [1.54, 1.807) is 0 Å². The first-order chi connectivity index (χ1) is 10.4. The molecule has 0 fully saturated rings. The quantitative estimate of drug-likeness (QED) is 0.651. The van der Waals surface area contributed by atoms with Crippen LogP contribution in [0.4, 0.5) is 11.4 Å². The van der Waals surface area contributed by atoms with Gasteiger partial charge in [0.2, 0.25) is 0 Å². The topological polar surface area (TPSA) is 92.5 Å². The van der Waals surface area contributed by atoms with Crippen molar-refractivity contribution in [1.29, 1.82) is 0 Å². The maximum absolute atomic E-state index is 11.3. The van der Waals surface area contributed by atoms with E-state index in [0.29, 0.717) is 12.2 Å². The van der Waals surface area contributed by atoms with Gasteiger partial charge in [0.15, 0.2) is 0 Å². The predicted molar refractivity (Wildman–Crippen MR) is 83.3 cm³/mol. The first-order valence-corrected chi connectivity index (χ1v) is 6.69. The van der Waals surface area contributed by atoms with Crippen LogP contribution in [0, 0.1) is 24.0 Å². The Labute approximate surface area is 127 Å². The fourth-order valence-electron chi connectivity index (χ4n) is 2.35. The molecule has 0 radical (unpaired) electrons. The Bertz CT molecular complexity index is 721. The molecule has 0 atom stereocenters. The minimum Gasteiger partial charge on any atom is -0.478 e. The van der Waals surface area contributed by atoms with Gasteiger partial charge in [-0.25, -0.2) is 4.79 Å². The number of carboxylic acids is 1. The van der Waals surface area contributed by atoms with Gasteiger partial charge in [-0.3, -0.25) is 10.1 Å². The lowest BCUT2D eigenvalue weighted by Crippen LogP contribution is -2.07. The molecule has 0 bridgehead atoms. The molecule has 22 heavy (non-hydrogen) atoms. The summed E-state index contributed by atoms with van der Waals surface area (Å²) in [6.07, 6.45) is 0. The molecular weight excluding hydrogens is 284 g/mol. The molecular formula is C16H16N2O4. The number of carboxylic acid groups (broad SMARTS) is 1. The number of hydrogen-bond acceptors (Lipinski definition) is 4. The van der Waals surface area contributed by atoms with Crippen LogP contribution in [-0.4, -0.2) is 16.0 Å². The molecule has 0 amide bonds. The lowest BCUT2D eigenvalue weighted by Gasteiger charge is -2.11. The second kappa shape index (κ2) is 6.26. The van der Waals surface area contributed by atoms with Crippen LogP contribution in [0.25, 0.3) is 0 Å². The molecule has 6 nitrogen and oxygen atoms in total. The number of non-ortho nitro benzene ring substituents is 1. The van der Waals surface area contributed by atoms with Crippen LogP contribution in [0.2, 0.25) is 0 Å². The molecule has 2 aromatic carbocycles. The summed E-state index contributed by atoms with van der Waals surface area (Å²) < 4.78 is 0. The summed E-state index contributed by atoms with van der Waals surface area (Å²) in [5.74, 6) is -1.20. The van der Waals surface area contributed by atoms with E-state index < -0.39 is 10.9 Å². The second-order valence-electron chi connectivity index (χ2n) is 5.14. The Hall–Kier alpha value is -2.89. The molecule has 2 N–H and O–H groups in total. The number of rotatable bonds is 5. The number of benzene rings is 2. The van der Waals surface area contributed by atoms with E-state index in [1.807, 2.05) is 26.0 Å². The van der Waals surface area contributed by atoms with Gasteiger partial charge in [0.1, 0.15) is 0 Å². The minimum absolute atomic E-state index is 0.112. The average molecular weight is 300 g/mol. The van der Waals surface area contributed by atoms with Gasteiger partial charge in [-0.05, 0) is 25.5 Å². The van der Waals surface area contributed by atoms with E-state index in [4.69, 9.17) is 0 Å². The first-order valence-electron chi connectivity index (χ1n) is 6.69. The van der Waals surface area contributed by atoms with Gasteiger partial charge >= 0.3 is 5.97 Å². The zero-order chi connectivity index (χ0) is 16.3. The van der Waals surface area contributed by atoms with Crippen LogP contribution in [0.15, 0.2) is 36.4 Å². The first kappa shape index (κ1) is 15.5. The van der Waals surface area contributed by atoms with E-state index in [2.05, 4.69) is 11.4 Å². The van der Waals surface area contributed by atoms with Crippen molar-refractivity contribution in [2.45, 2.75) is 20.4 Å². The Kier molecular flexibility index (Phi) is 4.41. The van der Waals surface area contributed by atoms with Crippen molar-refractivity contribution in [3.63, 3.8) is 0 Å². The summed E-state index contributed by atoms with van der Waals surface area (Å²) in [6.45, 7) is 4.43. The van der Waals surface area contributed by atoms with Gasteiger partial charge in [0.05, 0.1) is 10.5 Å². The van der Waals surface area contributed by atoms with Gasteiger partial charge < -0.3 is 10.4 Å². The Balaban J connectivity index is 2.25. The molecule has 0 aromatic heterocycles. The van der Waals surface area contributed by atoms with Crippen LogP contribution in [0.5, 0.6) is 0 Å². The zero-order valence-corrected chi connectivity index (χ0v) is 12.3. The zero-order valence-electron chi connectivity index (χ0n) is 12.3. The molecule has 0 heterocycles. The summed E-state index contributed by atoms with van der Waals surface area (Å²) in [4.78, 5) is 21.4. The molecule has 0 saturated heterocycles. The molecule has 0 aliphatic rings. The number of hydrogen-bond donors (Lipinski definition) is 2. The number of carbonyl (C=O) groups is 1. The van der Waals surface area contributed by atoms with Crippen molar-refractivity contribution >= 4 is 17.3 Å². The van der Waals surface area contributed by atoms with Crippen LogP contribution in [0.3, 0.4) is 0 Å². The standard InChI is InChI=1S/C16H16N2O4/c1-10-5-11(2)7-12(6-10)9-17-15-4-3-13(18(21)22)8-14(15)16(19)20/h3-8,17H,9H2,1-2H3,(H,19,20). The van der Waals surface area contributed by atoms with Crippen molar-refractivity contribution in [2.24, 2.45) is 0 Å². The molecule has 114 valence electrons. The molecule has 2 aromatic rings. The summed E-state index contributed by atoms with van der Waals surface area (Å²) in [7, 11) is 0. The molecule has 0 spiro atoms. The molecule has 0 saturated carbocycles. The lowest BCUT2D eigenvalue weighted by molar-refractivity contribution is -0.384. The Morgan fingerprint density at radius 2 is 1.82 bits per heavy atom. The normalized spacial score (nSPS) is 10.3. The average Bonchev–Trinajstić information content (AvgIpc) is 2.43. The number of aryl methyl sites for hydroxylation is 2. The van der Waals surface area contributed by atoms with Crippen molar-refractivity contribution in [3.05, 3.63) is 68.8 Å². The van der Waals surface area contributed by atoms with Crippen LogP contribution < -0.4 is 5.32 Å². The molecule has 0 unspecified atom stereocenters. The van der Waals surface area contributed by atoms with Gasteiger partial charge in [-0.15, -0.1) is 0 Å². The van der Waals surface area contributed by atoms with Gasteiger partial charge in [0, 0.05) is 24.4 Å². The number of anilines is 1. The fraction of sp³-hybridized carbons (Fsp3) is 0.188. The van der Waals surface area contributed by atoms with Crippen LogP contribution in [-0.2, 0) is 6.54 Å². The van der Waals surface area contributed by atoms with Gasteiger partial charge in [-0.1, -0.05) is 29.3 Å².